The van der Waals surface area contributed by atoms with Crippen LogP contribution in [0.4, 0.5) is 5.69 Å². The second-order valence-electron chi connectivity index (χ2n) is 10.2. The minimum Gasteiger partial charge on any atom is -0.496 e. The van der Waals surface area contributed by atoms with Crippen LogP contribution >= 0.6 is 24.0 Å². The standard InChI is InChI=1S/C32H34ClN3O6.ClH/c1-3-20(21-10-13-27(32(39)40)28(34)17-21)18-30(37)36-19-25(35-42-26-7-5-4-6-8-26)12-9-22(31(36)38)15-23-16-24(33)11-14-29(23)41-2;/h4-8,10-11,13-14,16-17,20,22H,3,9,12,15,18-19,34H2,1-2H3,(H,39,40);1H/b35-25+;/t20-,22?;/m0./s1. The number of ether oxygens (including phenoxy) is 1. The van der Waals surface area contributed by atoms with Crippen LogP contribution in [0, 0.1) is 5.92 Å². The summed E-state index contributed by atoms with van der Waals surface area (Å²) < 4.78 is 5.50. The Morgan fingerprint density at radius 2 is 1.88 bits per heavy atom. The highest BCUT2D eigenvalue weighted by Crippen LogP contribution is 2.31. The Hall–Kier alpha value is -4.08. The Bertz CT molecular complexity index is 1480. The highest BCUT2D eigenvalue weighted by Gasteiger charge is 2.35. The zero-order valence-corrected chi connectivity index (χ0v) is 25.6. The molecule has 1 unspecified atom stereocenters. The minimum atomic E-state index is -1.12. The van der Waals surface area contributed by atoms with E-state index in [1.807, 2.05) is 25.1 Å². The fourth-order valence-electron chi connectivity index (χ4n) is 5.12. The maximum Gasteiger partial charge on any atom is 0.337 e. The lowest BCUT2D eigenvalue weighted by atomic mass is 9.90. The SMILES string of the molecule is CC[C@@H](CC(=O)N1C/C(=N/Oc2ccccc2)CCC(Cc2cc(Cl)ccc2OC)C1=O)c1ccc(C(=O)O)c(N)c1.Cl. The number of likely N-dealkylation sites (tertiary alicyclic amines) is 1. The van der Waals surface area contributed by atoms with Gasteiger partial charge in [0.05, 0.1) is 24.9 Å². The summed E-state index contributed by atoms with van der Waals surface area (Å²) in [4.78, 5) is 46.0. The molecule has 1 aliphatic rings. The van der Waals surface area contributed by atoms with Crippen molar-refractivity contribution in [1.29, 1.82) is 0 Å². The van der Waals surface area contributed by atoms with E-state index < -0.39 is 11.9 Å². The number of amides is 2. The van der Waals surface area contributed by atoms with E-state index in [2.05, 4.69) is 5.16 Å². The molecule has 0 bridgehead atoms. The van der Waals surface area contributed by atoms with E-state index in [1.54, 1.807) is 49.6 Å². The zero-order valence-electron chi connectivity index (χ0n) is 24.0. The molecule has 0 aliphatic carbocycles. The van der Waals surface area contributed by atoms with Crippen molar-refractivity contribution in [2.75, 3.05) is 19.4 Å². The molecule has 1 saturated heterocycles. The molecule has 3 aromatic rings. The lowest BCUT2D eigenvalue weighted by Crippen LogP contribution is -2.42. The average molecular weight is 629 g/mol. The molecule has 43 heavy (non-hydrogen) atoms. The van der Waals surface area contributed by atoms with Crippen molar-refractivity contribution in [2.45, 2.75) is 44.9 Å². The molecule has 11 heteroatoms. The molecule has 228 valence electrons. The van der Waals surface area contributed by atoms with Gasteiger partial charge >= 0.3 is 5.97 Å². The van der Waals surface area contributed by atoms with Gasteiger partial charge in [0.1, 0.15) is 5.75 Å². The quantitative estimate of drug-likeness (QED) is 0.197. The van der Waals surface area contributed by atoms with Crippen molar-refractivity contribution < 1.29 is 29.1 Å². The van der Waals surface area contributed by atoms with Crippen LogP contribution in [0.15, 0.2) is 71.9 Å². The fourth-order valence-corrected chi connectivity index (χ4v) is 5.31. The molecule has 3 N–H and O–H groups in total. The van der Waals surface area contributed by atoms with E-state index >= 15 is 0 Å². The molecule has 0 aromatic heterocycles. The third kappa shape index (κ3) is 8.49. The van der Waals surface area contributed by atoms with Gasteiger partial charge in [-0.25, -0.2) is 4.79 Å². The van der Waals surface area contributed by atoms with Crippen LogP contribution in [0.5, 0.6) is 11.5 Å². The smallest absolute Gasteiger partial charge is 0.337 e. The third-order valence-corrected chi connectivity index (χ3v) is 7.70. The normalized spacial score (nSPS) is 16.6. The van der Waals surface area contributed by atoms with E-state index in [4.69, 9.17) is 26.9 Å². The van der Waals surface area contributed by atoms with Crippen molar-refractivity contribution in [1.82, 2.24) is 4.90 Å². The molecule has 0 saturated carbocycles. The van der Waals surface area contributed by atoms with Crippen LogP contribution in [0.3, 0.4) is 0 Å². The number of halogens is 2. The van der Waals surface area contributed by atoms with E-state index in [1.165, 1.54) is 11.0 Å². The van der Waals surface area contributed by atoms with Crippen LogP contribution in [0.25, 0.3) is 0 Å². The number of oxime groups is 1. The number of hydrogen-bond acceptors (Lipinski definition) is 7. The number of imide groups is 1. The van der Waals surface area contributed by atoms with Gasteiger partial charge in [-0.1, -0.05) is 47.9 Å². The van der Waals surface area contributed by atoms with E-state index in [-0.39, 0.29) is 54.4 Å². The summed E-state index contributed by atoms with van der Waals surface area (Å²) in [5.74, 6) is -1.41. The number of rotatable bonds is 10. The molecule has 2 amide bonds. The highest BCUT2D eigenvalue weighted by atomic mass is 35.5. The maximum atomic E-state index is 13.9. The molecule has 2 atom stereocenters. The summed E-state index contributed by atoms with van der Waals surface area (Å²) in [7, 11) is 1.56. The number of carboxylic acids is 1. The molecule has 1 heterocycles. The first-order chi connectivity index (χ1) is 20.2. The summed E-state index contributed by atoms with van der Waals surface area (Å²) in [6.45, 7) is 1.93. The Labute approximate surface area is 262 Å². The Morgan fingerprint density at radius 1 is 1.14 bits per heavy atom. The zero-order chi connectivity index (χ0) is 30.2. The minimum absolute atomic E-state index is 0. The van der Waals surface area contributed by atoms with E-state index in [0.29, 0.717) is 47.9 Å². The van der Waals surface area contributed by atoms with E-state index in [9.17, 15) is 19.5 Å². The van der Waals surface area contributed by atoms with E-state index in [0.717, 1.165) is 11.1 Å². The first kappa shape index (κ1) is 33.4. The second kappa shape index (κ2) is 15.4. The van der Waals surface area contributed by atoms with Crippen molar-refractivity contribution in [2.24, 2.45) is 11.1 Å². The third-order valence-electron chi connectivity index (χ3n) is 7.46. The molecular weight excluding hydrogens is 593 g/mol. The maximum absolute atomic E-state index is 13.9. The van der Waals surface area contributed by atoms with Gasteiger partial charge in [-0.2, -0.15) is 0 Å². The highest BCUT2D eigenvalue weighted by molar-refractivity contribution is 6.30. The van der Waals surface area contributed by atoms with Crippen LogP contribution in [-0.2, 0) is 16.0 Å². The van der Waals surface area contributed by atoms with Gasteiger partial charge in [-0.05, 0) is 85.2 Å². The monoisotopic (exact) mass is 627 g/mol. The largest absolute Gasteiger partial charge is 0.496 e. The van der Waals surface area contributed by atoms with Crippen LogP contribution in [-0.4, -0.2) is 47.2 Å². The average Bonchev–Trinajstić information content (AvgIpc) is 3.13. The molecule has 1 aliphatic heterocycles. The number of hydrogen-bond donors (Lipinski definition) is 2. The topological polar surface area (TPSA) is 132 Å². The molecule has 3 aromatic carbocycles. The predicted molar refractivity (Wildman–Crippen MR) is 168 cm³/mol. The van der Waals surface area contributed by atoms with Gasteiger partial charge in [-0.3, -0.25) is 14.5 Å². The summed E-state index contributed by atoms with van der Waals surface area (Å²) in [5, 5.41) is 14.2. The van der Waals surface area contributed by atoms with Crippen LogP contribution in [0.2, 0.25) is 5.02 Å². The molecule has 0 radical (unpaired) electrons. The van der Waals surface area contributed by atoms with Crippen molar-refractivity contribution in [3.05, 3.63) is 88.4 Å². The van der Waals surface area contributed by atoms with Gasteiger partial charge in [0, 0.05) is 23.0 Å². The number of nitrogen functional groups attached to an aromatic ring is 1. The number of aromatic carboxylic acids is 1. The Morgan fingerprint density at radius 3 is 2.53 bits per heavy atom. The fraction of sp³-hybridized carbons (Fsp3) is 0.312. The summed E-state index contributed by atoms with van der Waals surface area (Å²) in [6, 6.07) is 19.0. The number of anilines is 1. The predicted octanol–water partition coefficient (Wildman–Crippen LogP) is 6.38. The van der Waals surface area contributed by atoms with Gasteiger partial charge in [0.2, 0.25) is 11.8 Å². The lowest BCUT2D eigenvalue weighted by molar-refractivity contribution is -0.146. The van der Waals surface area contributed by atoms with Crippen molar-refractivity contribution in [3.63, 3.8) is 0 Å². The Balaban J connectivity index is 0.00000506. The van der Waals surface area contributed by atoms with Crippen LogP contribution < -0.4 is 15.3 Å². The summed E-state index contributed by atoms with van der Waals surface area (Å²) >= 11 is 6.25. The molecule has 0 spiro atoms. The number of carbonyl (C=O) groups is 3. The summed E-state index contributed by atoms with van der Waals surface area (Å²) in [5.41, 5.74) is 8.18. The van der Waals surface area contributed by atoms with Gasteiger partial charge in [-0.15, -0.1) is 12.4 Å². The Kier molecular flexibility index (Phi) is 12.0. The first-order valence-electron chi connectivity index (χ1n) is 13.8. The molecular formula is C32H35Cl2N3O6. The summed E-state index contributed by atoms with van der Waals surface area (Å²) in [6.07, 6.45) is 1.87. The van der Waals surface area contributed by atoms with Gasteiger partial charge < -0.3 is 20.4 Å². The van der Waals surface area contributed by atoms with Crippen molar-refractivity contribution >= 4 is 53.2 Å². The van der Waals surface area contributed by atoms with Crippen LogP contribution in [0.1, 0.15) is 60.0 Å². The molecule has 9 nitrogen and oxygen atoms in total. The van der Waals surface area contributed by atoms with Gasteiger partial charge in [0.25, 0.3) is 0 Å². The number of nitrogens with two attached hydrogens (primary N) is 1. The number of methoxy groups -OCH3 is 1. The number of nitrogens with zero attached hydrogens (tertiary/aromatic N) is 2. The lowest BCUT2D eigenvalue weighted by Gasteiger charge is -2.25. The number of benzene rings is 3. The first-order valence-corrected chi connectivity index (χ1v) is 14.1. The molecule has 4 rings (SSSR count). The number of carboxylic acid groups (broad SMARTS) is 1. The second-order valence-corrected chi connectivity index (χ2v) is 10.7. The van der Waals surface area contributed by atoms with Gasteiger partial charge in [0.15, 0.2) is 5.75 Å². The number of carbonyl (C=O) groups excluding carboxylic acids is 2. The molecule has 1 fully saturated rings. The van der Waals surface area contributed by atoms with Crippen molar-refractivity contribution in [3.8, 4) is 11.5 Å². The number of para-hydroxylation sites is 1.